The molecule has 0 amide bonds. The van der Waals surface area contributed by atoms with Gasteiger partial charge >= 0.3 is 0 Å². The molecule has 3 aliphatic heterocycles. The Labute approximate surface area is 137 Å². The monoisotopic (exact) mass is 316 g/mol. The maximum absolute atomic E-state index is 6.36. The summed E-state index contributed by atoms with van der Waals surface area (Å²) in [6, 6.07) is 10.1. The molecule has 2 fully saturated rings. The normalized spacial score (nSPS) is 42.0. The summed E-state index contributed by atoms with van der Waals surface area (Å²) in [6.45, 7) is 3.50. The molecule has 0 radical (unpaired) electrons. The Morgan fingerprint density at radius 3 is 2.87 bits per heavy atom. The largest absolute Gasteiger partial charge is 0.371 e. The molecular weight excluding hydrogens is 292 g/mol. The van der Waals surface area contributed by atoms with Gasteiger partial charge in [0.15, 0.2) is 6.29 Å². The number of hydrogen-bond acceptors (Lipinski definition) is 4. The van der Waals surface area contributed by atoms with Gasteiger partial charge in [0, 0.05) is 12.2 Å². The lowest BCUT2D eigenvalue weighted by Crippen LogP contribution is -2.55. The van der Waals surface area contributed by atoms with E-state index in [9.17, 15) is 0 Å². The molecule has 5 atom stereocenters. The van der Waals surface area contributed by atoms with Crippen molar-refractivity contribution in [2.75, 3.05) is 13.2 Å². The lowest BCUT2D eigenvalue weighted by Gasteiger charge is -2.47. The number of ether oxygens (including phenoxy) is 4. The van der Waals surface area contributed by atoms with Crippen LogP contribution in [-0.2, 0) is 18.9 Å². The third-order valence-electron chi connectivity index (χ3n) is 5.03. The van der Waals surface area contributed by atoms with E-state index in [-0.39, 0.29) is 30.2 Å². The minimum atomic E-state index is -0.377. The van der Waals surface area contributed by atoms with Gasteiger partial charge in [-0.05, 0) is 26.2 Å². The van der Waals surface area contributed by atoms with E-state index < -0.39 is 0 Å². The summed E-state index contributed by atoms with van der Waals surface area (Å²) < 4.78 is 24.5. The molecule has 3 heterocycles. The minimum Gasteiger partial charge on any atom is -0.371 e. The van der Waals surface area contributed by atoms with Gasteiger partial charge < -0.3 is 18.9 Å². The second kappa shape index (κ2) is 6.36. The molecule has 0 aromatic heterocycles. The molecule has 4 heteroatoms. The van der Waals surface area contributed by atoms with Crippen molar-refractivity contribution in [1.29, 1.82) is 0 Å². The van der Waals surface area contributed by atoms with E-state index in [4.69, 9.17) is 18.9 Å². The molecule has 23 heavy (non-hydrogen) atoms. The lowest BCUT2D eigenvalue weighted by molar-refractivity contribution is -0.316. The summed E-state index contributed by atoms with van der Waals surface area (Å²) in [4.78, 5) is 0. The van der Waals surface area contributed by atoms with Gasteiger partial charge in [-0.25, -0.2) is 0 Å². The molecule has 1 aromatic rings. The molecule has 124 valence electrons. The van der Waals surface area contributed by atoms with Gasteiger partial charge in [-0.3, -0.25) is 0 Å². The Morgan fingerprint density at radius 2 is 2.00 bits per heavy atom. The summed E-state index contributed by atoms with van der Waals surface area (Å²) in [6.07, 6.45) is 6.99. The molecule has 0 aliphatic carbocycles. The van der Waals surface area contributed by atoms with E-state index in [2.05, 4.69) is 19.1 Å². The number of rotatable bonds is 1. The van der Waals surface area contributed by atoms with Crippen LogP contribution in [0, 0.1) is 0 Å². The van der Waals surface area contributed by atoms with E-state index in [1.54, 1.807) is 0 Å². The van der Waals surface area contributed by atoms with Crippen LogP contribution in [0.2, 0.25) is 0 Å². The molecule has 4 rings (SSSR count). The van der Waals surface area contributed by atoms with Gasteiger partial charge in [-0.15, -0.1) is 0 Å². The minimum absolute atomic E-state index is 0.0680. The maximum Gasteiger partial charge on any atom is 0.184 e. The average Bonchev–Trinajstić information content (AvgIpc) is 2.57. The number of benzene rings is 1. The van der Waals surface area contributed by atoms with Crippen molar-refractivity contribution >= 4 is 0 Å². The predicted molar refractivity (Wildman–Crippen MR) is 86.0 cm³/mol. The van der Waals surface area contributed by atoms with E-state index in [0.29, 0.717) is 6.61 Å². The fourth-order valence-electron chi connectivity index (χ4n) is 3.59. The van der Waals surface area contributed by atoms with Crippen molar-refractivity contribution in [3.8, 4) is 0 Å². The first kappa shape index (κ1) is 15.3. The van der Waals surface area contributed by atoms with Crippen LogP contribution < -0.4 is 0 Å². The third-order valence-corrected chi connectivity index (χ3v) is 5.03. The number of hydrogen-bond donors (Lipinski definition) is 0. The van der Waals surface area contributed by atoms with Crippen LogP contribution in [0.5, 0.6) is 0 Å². The highest BCUT2D eigenvalue weighted by Crippen LogP contribution is 2.39. The zero-order valence-electron chi connectivity index (χ0n) is 13.5. The summed E-state index contributed by atoms with van der Waals surface area (Å²) in [5, 5.41) is 0. The highest BCUT2D eigenvalue weighted by molar-refractivity contribution is 5.17. The predicted octanol–water partition coefficient (Wildman–Crippen LogP) is 3.38. The summed E-state index contributed by atoms with van der Waals surface area (Å²) in [7, 11) is 0. The molecule has 1 aromatic carbocycles. The molecule has 0 saturated carbocycles. The smallest absolute Gasteiger partial charge is 0.184 e. The van der Waals surface area contributed by atoms with Gasteiger partial charge in [-0.2, -0.15) is 0 Å². The Morgan fingerprint density at radius 1 is 1.13 bits per heavy atom. The Hall–Kier alpha value is -1.20. The molecule has 4 nitrogen and oxygen atoms in total. The van der Waals surface area contributed by atoms with Crippen molar-refractivity contribution < 1.29 is 18.9 Å². The third kappa shape index (κ3) is 3.09. The van der Waals surface area contributed by atoms with E-state index in [1.165, 1.54) is 0 Å². The van der Waals surface area contributed by atoms with Crippen LogP contribution in [-0.4, -0.2) is 37.1 Å². The molecule has 2 saturated heterocycles. The first-order valence-corrected chi connectivity index (χ1v) is 8.53. The van der Waals surface area contributed by atoms with Crippen molar-refractivity contribution in [3.05, 3.63) is 48.0 Å². The highest BCUT2D eigenvalue weighted by Gasteiger charge is 2.45. The van der Waals surface area contributed by atoms with Crippen LogP contribution in [0.4, 0.5) is 0 Å². The van der Waals surface area contributed by atoms with E-state index in [1.807, 2.05) is 30.3 Å². The summed E-state index contributed by atoms with van der Waals surface area (Å²) in [5.41, 5.74) is 0.676. The van der Waals surface area contributed by atoms with Gasteiger partial charge in [0.2, 0.25) is 0 Å². The molecule has 0 bridgehead atoms. The zero-order valence-corrected chi connectivity index (χ0v) is 13.5. The standard InChI is InChI=1S/C19H24O4/c1-19-11-5-9-15-16(10-6-12-20-15)22-17(19)13-21-18(23-19)14-7-3-2-4-8-14/h2-5,7-9,15-18H,6,10-13H2,1H3/b9-5-/t15-,16+,17-,18+,19-/m1/s1. The van der Waals surface area contributed by atoms with Crippen LogP contribution in [0.1, 0.15) is 38.0 Å². The Kier molecular flexibility index (Phi) is 4.24. The van der Waals surface area contributed by atoms with Crippen LogP contribution in [0.3, 0.4) is 0 Å². The van der Waals surface area contributed by atoms with E-state index >= 15 is 0 Å². The molecular formula is C19H24O4. The molecule has 0 spiro atoms. The maximum atomic E-state index is 6.36. The Balaban J connectivity index is 1.55. The van der Waals surface area contributed by atoms with Crippen molar-refractivity contribution in [2.24, 2.45) is 0 Å². The first-order chi connectivity index (χ1) is 11.2. The zero-order chi connectivity index (χ0) is 15.7. The molecule has 0 N–H and O–H groups in total. The average molecular weight is 316 g/mol. The summed E-state index contributed by atoms with van der Waals surface area (Å²) in [5.74, 6) is 0. The molecule has 3 aliphatic rings. The quantitative estimate of drug-likeness (QED) is 0.744. The van der Waals surface area contributed by atoms with Crippen LogP contribution in [0.25, 0.3) is 0 Å². The van der Waals surface area contributed by atoms with Gasteiger partial charge in [0.05, 0.1) is 12.7 Å². The van der Waals surface area contributed by atoms with Crippen molar-refractivity contribution in [2.45, 2.75) is 56.4 Å². The second-order valence-electron chi connectivity index (χ2n) is 6.78. The van der Waals surface area contributed by atoms with Gasteiger partial charge in [0.1, 0.15) is 17.8 Å². The SMILES string of the molecule is C[C@@]12C/C=C\[C@H]3OCCC[C@@H]3O[C@@H]1CO[C@H](c1ccccc1)O2. The van der Waals surface area contributed by atoms with E-state index in [0.717, 1.165) is 31.4 Å². The lowest BCUT2D eigenvalue weighted by atomic mass is 9.90. The highest BCUT2D eigenvalue weighted by atomic mass is 16.7. The Bertz CT molecular complexity index is 558. The molecule has 0 unspecified atom stereocenters. The fourth-order valence-corrected chi connectivity index (χ4v) is 3.59. The van der Waals surface area contributed by atoms with Crippen LogP contribution >= 0.6 is 0 Å². The first-order valence-electron chi connectivity index (χ1n) is 8.53. The second-order valence-corrected chi connectivity index (χ2v) is 6.78. The summed E-state index contributed by atoms with van der Waals surface area (Å²) >= 11 is 0. The van der Waals surface area contributed by atoms with Gasteiger partial charge in [-0.1, -0.05) is 42.5 Å². The van der Waals surface area contributed by atoms with Crippen LogP contribution in [0.15, 0.2) is 42.5 Å². The fraction of sp³-hybridized carbons (Fsp3) is 0.579. The number of fused-ring (bicyclic) bond motifs is 2. The topological polar surface area (TPSA) is 36.9 Å². The van der Waals surface area contributed by atoms with Crippen molar-refractivity contribution in [3.63, 3.8) is 0 Å². The van der Waals surface area contributed by atoms with Gasteiger partial charge in [0.25, 0.3) is 0 Å². The van der Waals surface area contributed by atoms with Crippen molar-refractivity contribution in [1.82, 2.24) is 0 Å².